The number of nitrogens with zero attached hydrogens (tertiary/aromatic N) is 1. The highest BCUT2D eigenvalue weighted by atomic mass is 35.5. The number of rotatable bonds is 0. The molecule has 200 valence electrons. The summed E-state index contributed by atoms with van der Waals surface area (Å²) < 4.78 is 2.58. The van der Waals surface area contributed by atoms with Crippen LogP contribution >= 0.6 is 11.6 Å². The molecule has 1 unspecified atom stereocenters. The van der Waals surface area contributed by atoms with Crippen LogP contribution < -0.4 is 0 Å². The van der Waals surface area contributed by atoms with Crippen molar-refractivity contribution in [1.29, 1.82) is 0 Å². The van der Waals surface area contributed by atoms with Gasteiger partial charge >= 0.3 is 0 Å². The smallest absolute Gasteiger partial charge is 0.0752 e. The van der Waals surface area contributed by atoms with Crippen molar-refractivity contribution in [2.45, 2.75) is 18.3 Å². The summed E-state index contributed by atoms with van der Waals surface area (Å²) >= 11 is 6.92. The Kier molecular flexibility index (Phi) is 3.99. The normalized spacial score (nSPS) is 18.5. The van der Waals surface area contributed by atoms with Crippen LogP contribution in [0.15, 0.2) is 127 Å². The molecule has 6 aromatic carbocycles. The maximum absolute atomic E-state index is 6.92. The molecule has 1 aromatic heterocycles. The highest BCUT2D eigenvalue weighted by molar-refractivity contribution is 6.31. The summed E-state index contributed by atoms with van der Waals surface area (Å²) in [5, 5.41) is 6.13. The molecule has 2 heterocycles. The molecule has 43 heavy (non-hydrogen) atoms. The Morgan fingerprint density at radius 2 is 1.37 bits per heavy atom. The van der Waals surface area contributed by atoms with E-state index in [1.807, 2.05) is 0 Å². The number of halogens is 1. The van der Waals surface area contributed by atoms with Crippen LogP contribution in [-0.4, -0.2) is 4.57 Å². The Bertz CT molecular complexity index is 2520. The molecule has 3 aliphatic carbocycles. The van der Waals surface area contributed by atoms with E-state index in [1.54, 1.807) is 0 Å². The fourth-order valence-electron chi connectivity index (χ4n) is 9.20. The minimum Gasteiger partial charge on any atom is -0.312 e. The average Bonchev–Trinajstić information content (AvgIpc) is 3.67. The molecule has 0 fully saturated rings. The average molecular weight is 566 g/mol. The summed E-state index contributed by atoms with van der Waals surface area (Å²) in [6.07, 6.45) is 6.87. The first-order chi connectivity index (χ1) is 21.3. The highest BCUT2D eigenvalue weighted by Crippen LogP contribution is 2.65. The van der Waals surface area contributed by atoms with Crippen molar-refractivity contribution in [1.82, 2.24) is 4.57 Å². The van der Waals surface area contributed by atoms with E-state index >= 15 is 0 Å². The molecule has 0 radical (unpaired) electrons. The number of fused-ring (bicyclic) bond motifs is 15. The number of allylic oxidation sites excluding steroid dienone is 4. The van der Waals surface area contributed by atoms with E-state index in [2.05, 4.69) is 126 Å². The SMILES string of the molecule is Clc1ccc2c(c1)C1(C3=C(CCC=C3)n3c4ccccc4c4cccc1c43)c1cc3c4c(cccc4c1-2)-c1ccccc1-3. The van der Waals surface area contributed by atoms with E-state index in [1.165, 1.54) is 93.9 Å². The van der Waals surface area contributed by atoms with Crippen LogP contribution in [0.4, 0.5) is 0 Å². The minimum absolute atomic E-state index is 0.468. The Labute approximate surface area is 254 Å². The zero-order valence-corrected chi connectivity index (χ0v) is 24.0. The van der Waals surface area contributed by atoms with Crippen molar-refractivity contribution in [3.05, 3.63) is 149 Å². The van der Waals surface area contributed by atoms with Crippen molar-refractivity contribution in [3.63, 3.8) is 0 Å². The van der Waals surface area contributed by atoms with Gasteiger partial charge in [0.15, 0.2) is 0 Å². The maximum atomic E-state index is 6.92. The number of para-hydroxylation sites is 2. The molecule has 1 spiro atoms. The predicted molar refractivity (Wildman–Crippen MR) is 180 cm³/mol. The van der Waals surface area contributed by atoms with E-state index in [0.29, 0.717) is 0 Å². The van der Waals surface area contributed by atoms with Gasteiger partial charge in [-0.1, -0.05) is 109 Å². The van der Waals surface area contributed by atoms with Crippen molar-refractivity contribution < 1.29 is 0 Å². The molecule has 11 rings (SSSR count). The van der Waals surface area contributed by atoms with Crippen LogP contribution in [0.5, 0.6) is 0 Å². The summed E-state index contributed by atoms with van der Waals surface area (Å²) in [6.45, 7) is 0. The summed E-state index contributed by atoms with van der Waals surface area (Å²) in [4.78, 5) is 0. The standard InChI is InChI=1S/C41H24ClN/c42-23-19-20-29-34(21-23)41(35-22-31-25-10-2-1-9-24(25)27-12-7-14-30(38(27)31)39(29)35)32-15-4-6-18-37(32)43-36-17-5-3-11-26(36)28-13-8-16-33(41)40(28)43/h1-5,7-17,19-22H,6,18H2. The van der Waals surface area contributed by atoms with Crippen LogP contribution in [0.25, 0.3) is 71.7 Å². The van der Waals surface area contributed by atoms with Gasteiger partial charge in [0.05, 0.1) is 16.4 Å². The molecule has 1 aliphatic heterocycles. The zero-order valence-electron chi connectivity index (χ0n) is 23.3. The molecule has 7 aromatic rings. The molecule has 4 aliphatic rings. The molecule has 0 saturated heterocycles. The fraction of sp³-hybridized carbons (Fsp3) is 0.0732. The lowest BCUT2D eigenvalue weighted by molar-refractivity contribution is 0.735. The molecular weight excluding hydrogens is 542 g/mol. The quantitative estimate of drug-likeness (QED) is 0.172. The van der Waals surface area contributed by atoms with Crippen LogP contribution in [-0.2, 0) is 5.41 Å². The lowest BCUT2D eigenvalue weighted by Crippen LogP contribution is -2.34. The Hall–Kier alpha value is -4.85. The lowest BCUT2D eigenvalue weighted by Gasteiger charge is -2.41. The first kappa shape index (κ1) is 22.7. The molecule has 0 saturated carbocycles. The fourth-order valence-corrected chi connectivity index (χ4v) is 9.37. The highest BCUT2D eigenvalue weighted by Gasteiger charge is 2.52. The van der Waals surface area contributed by atoms with E-state index < -0.39 is 5.41 Å². The first-order valence-electron chi connectivity index (χ1n) is 15.2. The monoisotopic (exact) mass is 565 g/mol. The number of hydrogen-bond acceptors (Lipinski definition) is 0. The summed E-state index contributed by atoms with van der Waals surface area (Å²) in [5.74, 6) is 0. The minimum atomic E-state index is -0.468. The topological polar surface area (TPSA) is 4.93 Å². The zero-order chi connectivity index (χ0) is 28.0. The molecule has 2 heteroatoms. The van der Waals surface area contributed by atoms with E-state index in [-0.39, 0.29) is 0 Å². The summed E-state index contributed by atoms with van der Waals surface area (Å²) in [7, 11) is 0. The van der Waals surface area contributed by atoms with Crippen LogP contribution in [0.2, 0.25) is 5.02 Å². The van der Waals surface area contributed by atoms with Gasteiger partial charge in [-0.05, 0) is 104 Å². The van der Waals surface area contributed by atoms with Gasteiger partial charge in [-0.2, -0.15) is 0 Å². The summed E-state index contributed by atoms with van der Waals surface area (Å²) in [5.41, 5.74) is 17.0. The van der Waals surface area contributed by atoms with Gasteiger partial charge in [0.25, 0.3) is 0 Å². The van der Waals surface area contributed by atoms with Gasteiger partial charge in [0, 0.05) is 21.5 Å². The first-order valence-corrected chi connectivity index (χ1v) is 15.6. The van der Waals surface area contributed by atoms with E-state index in [9.17, 15) is 0 Å². The third-order valence-corrected chi connectivity index (χ3v) is 10.9. The van der Waals surface area contributed by atoms with Gasteiger partial charge in [0.2, 0.25) is 0 Å². The molecule has 0 N–H and O–H groups in total. The molecular formula is C41H24ClN. The largest absolute Gasteiger partial charge is 0.312 e. The summed E-state index contributed by atoms with van der Waals surface area (Å²) in [6, 6.07) is 40.9. The van der Waals surface area contributed by atoms with Crippen molar-refractivity contribution >= 4 is 49.9 Å². The Balaban J connectivity index is 1.41. The van der Waals surface area contributed by atoms with E-state index in [4.69, 9.17) is 11.6 Å². The van der Waals surface area contributed by atoms with Crippen molar-refractivity contribution in [2.75, 3.05) is 0 Å². The number of hydrogen-bond donors (Lipinski definition) is 0. The number of benzene rings is 6. The van der Waals surface area contributed by atoms with Crippen molar-refractivity contribution in [3.8, 4) is 33.4 Å². The third-order valence-electron chi connectivity index (χ3n) is 10.6. The third kappa shape index (κ3) is 2.44. The second-order valence-corrected chi connectivity index (χ2v) is 12.9. The van der Waals surface area contributed by atoms with Crippen molar-refractivity contribution in [2.24, 2.45) is 0 Å². The second-order valence-electron chi connectivity index (χ2n) is 12.4. The van der Waals surface area contributed by atoms with Gasteiger partial charge < -0.3 is 4.57 Å². The van der Waals surface area contributed by atoms with Crippen LogP contribution in [0.1, 0.15) is 29.5 Å². The maximum Gasteiger partial charge on any atom is 0.0752 e. The van der Waals surface area contributed by atoms with Gasteiger partial charge in [-0.25, -0.2) is 0 Å². The van der Waals surface area contributed by atoms with E-state index in [0.717, 1.165) is 17.9 Å². The molecule has 0 amide bonds. The molecule has 0 bridgehead atoms. The van der Waals surface area contributed by atoms with Crippen LogP contribution in [0.3, 0.4) is 0 Å². The number of aromatic nitrogens is 1. The predicted octanol–water partition coefficient (Wildman–Crippen LogP) is 11.1. The van der Waals surface area contributed by atoms with Gasteiger partial charge in [0.1, 0.15) is 0 Å². The Morgan fingerprint density at radius 1 is 0.605 bits per heavy atom. The molecule has 1 nitrogen and oxygen atoms in total. The lowest BCUT2D eigenvalue weighted by atomic mass is 9.63. The van der Waals surface area contributed by atoms with Gasteiger partial charge in [-0.15, -0.1) is 0 Å². The Morgan fingerprint density at radius 3 is 2.30 bits per heavy atom. The second kappa shape index (κ2) is 7.56. The van der Waals surface area contributed by atoms with Gasteiger partial charge in [-0.3, -0.25) is 0 Å². The van der Waals surface area contributed by atoms with Crippen LogP contribution in [0, 0.1) is 0 Å². The molecule has 1 atom stereocenters.